The van der Waals surface area contributed by atoms with Gasteiger partial charge in [-0.15, -0.1) is 0 Å². The van der Waals surface area contributed by atoms with Gasteiger partial charge in [-0.3, -0.25) is 0 Å². The van der Waals surface area contributed by atoms with Crippen LogP contribution in [0.15, 0.2) is 0 Å². The lowest BCUT2D eigenvalue weighted by atomic mass is 9.84. The Kier molecular flexibility index (Phi) is 4.35. The number of nitrogens with one attached hydrogen (secondary N) is 1. The SMILES string of the molecule is OC1(CNC2CCCSC2)CCCCC1. The molecule has 0 bridgehead atoms. The zero-order valence-corrected chi connectivity index (χ0v) is 10.3. The minimum absolute atomic E-state index is 0.389. The molecule has 1 saturated heterocycles. The first-order chi connectivity index (χ1) is 7.29. The summed E-state index contributed by atoms with van der Waals surface area (Å²) in [6.07, 6.45) is 8.35. The highest BCUT2D eigenvalue weighted by Gasteiger charge is 2.29. The molecule has 1 aliphatic carbocycles. The summed E-state index contributed by atoms with van der Waals surface area (Å²) in [6.45, 7) is 0.818. The van der Waals surface area contributed by atoms with E-state index < -0.39 is 0 Å². The number of thioether (sulfide) groups is 1. The van der Waals surface area contributed by atoms with Crippen molar-refractivity contribution in [1.82, 2.24) is 5.32 Å². The van der Waals surface area contributed by atoms with Crippen LogP contribution in [0.1, 0.15) is 44.9 Å². The lowest BCUT2D eigenvalue weighted by Crippen LogP contribution is -2.47. The number of hydrogen-bond donors (Lipinski definition) is 2. The Morgan fingerprint density at radius 1 is 1.20 bits per heavy atom. The van der Waals surface area contributed by atoms with Crippen LogP contribution in [0.25, 0.3) is 0 Å². The van der Waals surface area contributed by atoms with E-state index in [0.717, 1.165) is 19.4 Å². The van der Waals surface area contributed by atoms with E-state index in [2.05, 4.69) is 5.32 Å². The van der Waals surface area contributed by atoms with Gasteiger partial charge >= 0.3 is 0 Å². The average Bonchev–Trinajstić information content (AvgIpc) is 2.29. The molecule has 2 nitrogen and oxygen atoms in total. The van der Waals surface area contributed by atoms with Crippen molar-refractivity contribution in [3.05, 3.63) is 0 Å². The van der Waals surface area contributed by atoms with E-state index in [-0.39, 0.29) is 5.60 Å². The van der Waals surface area contributed by atoms with Gasteiger partial charge in [0.1, 0.15) is 0 Å². The highest BCUT2D eigenvalue weighted by atomic mass is 32.2. The Labute approximate surface area is 97.2 Å². The Morgan fingerprint density at radius 2 is 2.00 bits per heavy atom. The number of aliphatic hydroxyl groups is 1. The molecule has 0 radical (unpaired) electrons. The second-order valence-corrected chi connectivity index (χ2v) is 6.23. The third kappa shape index (κ3) is 3.65. The molecule has 1 unspecified atom stereocenters. The number of hydrogen-bond acceptors (Lipinski definition) is 3. The van der Waals surface area contributed by atoms with Crippen LogP contribution in [0.3, 0.4) is 0 Å². The van der Waals surface area contributed by atoms with Crippen molar-refractivity contribution in [2.24, 2.45) is 0 Å². The van der Waals surface area contributed by atoms with E-state index >= 15 is 0 Å². The van der Waals surface area contributed by atoms with E-state index in [9.17, 15) is 5.11 Å². The second-order valence-electron chi connectivity index (χ2n) is 5.08. The molecule has 3 heteroatoms. The van der Waals surface area contributed by atoms with E-state index in [1.165, 1.54) is 43.6 Å². The van der Waals surface area contributed by atoms with Crippen LogP contribution < -0.4 is 5.32 Å². The molecule has 1 heterocycles. The molecule has 0 spiro atoms. The lowest BCUT2D eigenvalue weighted by Gasteiger charge is -2.34. The molecule has 1 aliphatic heterocycles. The monoisotopic (exact) mass is 229 g/mol. The topological polar surface area (TPSA) is 32.3 Å². The van der Waals surface area contributed by atoms with Gasteiger partial charge in [0, 0.05) is 18.3 Å². The van der Waals surface area contributed by atoms with Gasteiger partial charge in [-0.25, -0.2) is 0 Å². The molecule has 15 heavy (non-hydrogen) atoms. The van der Waals surface area contributed by atoms with E-state index in [0.29, 0.717) is 6.04 Å². The van der Waals surface area contributed by atoms with Gasteiger partial charge in [-0.1, -0.05) is 19.3 Å². The quantitative estimate of drug-likeness (QED) is 0.778. The predicted molar refractivity (Wildman–Crippen MR) is 66.4 cm³/mol. The van der Waals surface area contributed by atoms with Gasteiger partial charge in [-0.2, -0.15) is 11.8 Å². The molecule has 0 aromatic rings. The molecule has 1 atom stereocenters. The normalized spacial score (nSPS) is 31.4. The van der Waals surface area contributed by atoms with Crippen LogP contribution in [0.2, 0.25) is 0 Å². The summed E-state index contributed by atoms with van der Waals surface area (Å²) in [5.74, 6) is 2.55. The van der Waals surface area contributed by atoms with Gasteiger partial charge in [0.2, 0.25) is 0 Å². The molecular weight excluding hydrogens is 206 g/mol. The fourth-order valence-corrected chi connectivity index (χ4v) is 3.73. The molecule has 2 N–H and O–H groups in total. The molecule has 0 aromatic carbocycles. The van der Waals surface area contributed by atoms with Gasteiger partial charge < -0.3 is 10.4 Å². The molecule has 2 fully saturated rings. The Hall–Kier alpha value is 0.270. The fraction of sp³-hybridized carbons (Fsp3) is 1.00. The van der Waals surface area contributed by atoms with Crippen LogP contribution in [-0.2, 0) is 0 Å². The Bertz CT molecular complexity index is 186. The van der Waals surface area contributed by atoms with Crippen LogP contribution >= 0.6 is 11.8 Å². The maximum atomic E-state index is 10.3. The van der Waals surface area contributed by atoms with Crippen molar-refractivity contribution >= 4 is 11.8 Å². The van der Waals surface area contributed by atoms with E-state index in [4.69, 9.17) is 0 Å². The van der Waals surface area contributed by atoms with Crippen molar-refractivity contribution in [3.63, 3.8) is 0 Å². The van der Waals surface area contributed by atoms with E-state index in [1.54, 1.807) is 0 Å². The Balaban J connectivity index is 1.70. The zero-order valence-electron chi connectivity index (χ0n) is 9.50. The first-order valence-corrected chi connectivity index (χ1v) is 7.48. The summed E-state index contributed by atoms with van der Waals surface area (Å²) in [5, 5.41) is 13.9. The van der Waals surface area contributed by atoms with Crippen LogP contribution in [0.5, 0.6) is 0 Å². The second kappa shape index (κ2) is 5.55. The predicted octanol–water partition coefficient (Wildman–Crippen LogP) is 2.17. The first-order valence-electron chi connectivity index (χ1n) is 6.32. The summed E-state index contributed by atoms with van der Waals surface area (Å²) in [4.78, 5) is 0. The summed E-state index contributed by atoms with van der Waals surface area (Å²) in [6, 6.07) is 0.648. The molecule has 2 rings (SSSR count). The fourth-order valence-electron chi connectivity index (χ4n) is 2.62. The molecule has 1 saturated carbocycles. The average molecular weight is 229 g/mol. The minimum Gasteiger partial charge on any atom is -0.389 e. The van der Waals surface area contributed by atoms with Crippen LogP contribution in [0, 0.1) is 0 Å². The van der Waals surface area contributed by atoms with Crippen molar-refractivity contribution in [2.45, 2.75) is 56.6 Å². The maximum Gasteiger partial charge on any atom is 0.0771 e. The maximum absolute atomic E-state index is 10.3. The molecular formula is C12H23NOS. The third-order valence-electron chi connectivity index (χ3n) is 3.66. The van der Waals surface area contributed by atoms with Crippen molar-refractivity contribution in [1.29, 1.82) is 0 Å². The zero-order chi connectivity index (χ0) is 10.6. The summed E-state index contributed by atoms with van der Waals surface area (Å²) < 4.78 is 0. The summed E-state index contributed by atoms with van der Waals surface area (Å²) in [7, 11) is 0. The lowest BCUT2D eigenvalue weighted by molar-refractivity contribution is 0.00292. The summed E-state index contributed by atoms with van der Waals surface area (Å²) in [5.41, 5.74) is -0.389. The number of rotatable bonds is 3. The van der Waals surface area contributed by atoms with Crippen molar-refractivity contribution < 1.29 is 5.11 Å². The van der Waals surface area contributed by atoms with Gasteiger partial charge in [0.15, 0.2) is 0 Å². The summed E-state index contributed by atoms with van der Waals surface area (Å²) >= 11 is 2.04. The highest BCUT2D eigenvalue weighted by Crippen LogP contribution is 2.27. The first kappa shape index (κ1) is 11.7. The smallest absolute Gasteiger partial charge is 0.0771 e. The van der Waals surface area contributed by atoms with Gasteiger partial charge in [-0.05, 0) is 31.4 Å². The van der Waals surface area contributed by atoms with E-state index in [1.807, 2.05) is 11.8 Å². The standard InChI is InChI=1S/C12H23NOS/c14-12(6-2-1-3-7-12)10-13-11-5-4-8-15-9-11/h11,13-14H,1-10H2. The molecule has 2 aliphatic rings. The largest absolute Gasteiger partial charge is 0.389 e. The van der Waals surface area contributed by atoms with Gasteiger partial charge in [0.05, 0.1) is 5.60 Å². The van der Waals surface area contributed by atoms with Crippen LogP contribution in [-0.4, -0.2) is 34.8 Å². The molecule has 88 valence electrons. The van der Waals surface area contributed by atoms with Crippen molar-refractivity contribution in [2.75, 3.05) is 18.1 Å². The third-order valence-corrected chi connectivity index (χ3v) is 4.88. The highest BCUT2D eigenvalue weighted by molar-refractivity contribution is 7.99. The molecule has 0 amide bonds. The van der Waals surface area contributed by atoms with Gasteiger partial charge in [0.25, 0.3) is 0 Å². The Morgan fingerprint density at radius 3 is 2.67 bits per heavy atom. The minimum atomic E-state index is -0.389. The molecule has 0 aromatic heterocycles. The van der Waals surface area contributed by atoms with Crippen molar-refractivity contribution in [3.8, 4) is 0 Å². The van der Waals surface area contributed by atoms with Crippen LogP contribution in [0.4, 0.5) is 0 Å².